The highest BCUT2D eigenvalue weighted by Crippen LogP contribution is 2.22. The number of hydrogen-bond donors (Lipinski definition) is 5. The first-order valence-corrected chi connectivity index (χ1v) is 8.59. The van der Waals surface area contributed by atoms with Crippen molar-refractivity contribution in [2.24, 2.45) is 0 Å². The second-order valence-corrected chi connectivity index (χ2v) is 6.46. The van der Waals surface area contributed by atoms with Crippen molar-refractivity contribution in [2.75, 3.05) is 23.0 Å². The molecule has 2 aromatic carbocycles. The number of carbonyl (C=O) groups is 1. The van der Waals surface area contributed by atoms with Gasteiger partial charge in [0.1, 0.15) is 0 Å². The number of rotatable bonds is 8. The number of para-hydroxylation sites is 1. The fourth-order valence-electron chi connectivity index (χ4n) is 1.92. The molecule has 0 fully saturated rings. The third-order valence-electron chi connectivity index (χ3n) is 3.04. The van der Waals surface area contributed by atoms with Gasteiger partial charge in [0, 0.05) is 17.9 Å². The van der Waals surface area contributed by atoms with Gasteiger partial charge in [-0.1, -0.05) is 12.1 Å². The van der Waals surface area contributed by atoms with E-state index in [0.29, 0.717) is 17.1 Å². The van der Waals surface area contributed by atoms with Gasteiger partial charge < -0.3 is 15.8 Å². The Morgan fingerprint density at radius 3 is 2.25 bits per heavy atom. The van der Waals surface area contributed by atoms with Crippen molar-refractivity contribution >= 4 is 33.1 Å². The highest BCUT2D eigenvalue weighted by Gasteiger charge is 2.08. The third kappa shape index (κ3) is 5.54. The number of hydrazine groups is 1. The maximum Gasteiger partial charge on any atom is 0.337 e. The summed E-state index contributed by atoms with van der Waals surface area (Å²) in [5.74, 6) is -1.41. The topological polar surface area (TPSA) is 128 Å². The molecule has 0 aliphatic rings. The van der Waals surface area contributed by atoms with Crippen LogP contribution in [0, 0.1) is 0 Å². The van der Waals surface area contributed by atoms with E-state index >= 15 is 0 Å². The van der Waals surface area contributed by atoms with E-state index < -0.39 is 21.8 Å². The van der Waals surface area contributed by atoms with Crippen LogP contribution in [0.5, 0.6) is 0 Å². The third-order valence-corrected chi connectivity index (χ3v) is 3.76. The van der Waals surface area contributed by atoms with Crippen LogP contribution in [0.2, 0.25) is 0 Å². The van der Waals surface area contributed by atoms with E-state index in [0.717, 1.165) is 0 Å². The summed E-state index contributed by atoms with van der Waals surface area (Å²) in [6.45, 7) is 0.0465. The van der Waals surface area contributed by atoms with Crippen molar-refractivity contribution in [3.63, 3.8) is 0 Å². The molecule has 2 aromatic rings. The Morgan fingerprint density at radius 2 is 1.62 bits per heavy atom. The van der Waals surface area contributed by atoms with Crippen LogP contribution in [0.1, 0.15) is 10.4 Å². The van der Waals surface area contributed by atoms with Gasteiger partial charge in [-0.05, 0) is 36.4 Å². The summed E-state index contributed by atoms with van der Waals surface area (Å²) < 4.78 is 29.8. The highest BCUT2D eigenvalue weighted by molar-refractivity contribution is 7.85. The molecule has 0 bridgehead atoms. The van der Waals surface area contributed by atoms with E-state index in [9.17, 15) is 13.2 Å². The molecule has 0 heterocycles. The zero-order chi connectivity index (χ0) is 17.6. The summed E-state index contributed by atoms with van der Waals surface area (Å²) >= 11 is 0. The minimum Gasteiger partial charge on any atom is -0.478 e. The summed E-state index contributed by atoms with van der Waals surface area (Å²) in [6.07, 6.45) is 0. The summed E-state index contributed by atoms with van der Waals surface area (Å²) in [5.41, 5.74) is 7.49. The molecule has 5 N–H and O–H groups in total. The Hall–Kier alpha value is -2.62. The van der Waals surface area contributed by atoms with Gasteiger partial charge in [-0.15, -0.1) is 0 Å². The van der Waals surface area contributed by atoms with E-state index in [4.69, 9.17) is 9.66 Å². The van der Waals surface area contributed by atoms with Crippen LogP contribution in [-0.4, -0.2) is 36.3 Å². The summed E-state index contributed by atoms with van der Waals surface area (Å²) in [6, 6.07) is 13.5. The van der Waals surface area contributed by atoms with Crippen LogP contribution in [0.3, 0.4) is 0 Å². The average Bonchev–Trinajstić information content (AvgIpc) is 2.52. The van der Waals surface area contributed by atoms with Crippen molar-refractivity contribution in [3.05, 3.63) is 54.1 Å². The van der Waals surface area contributed by atoms with E-state index in [-0.39, 0.29) is 12.1 Å². The van der Waals surface area contributed by atoms with Gasteiger partial charge in [0.15, 0.2) is 0 Å². The number of carboxylic acids is 1. The fraction of sp³-hybridized carbons (Fsp3) is 0.133. The van der Waals surface area contributed by atoms with Gasteiger partial charge in [0.2, 0.25) is 0 Å². The van der Waals surface area contributed by atoms with Crippen LogP contribution in [-0.2, 0) is 10.1 Å². The van der Waals surface area contributed by atoms with Gasteiger partial charge >= 0.3 is 5.97 Å². The summed E-state index contributed by atoms with van der Waals surface area (Å²) in [7, 11) is -3.99. The summed E-state index contributed by atoms with van der Waals surface area (Å²) in [5, 5.41) is 12.2. The molecule has 9 heteroatoms. The largest absolute Gasteiger partial charge is 0.478 e. The van der Waals surface area contributed by atoms with Gasteiger partial charge in [-0.25, -0.2) is 10.2 Å². The second-order valence-electron chi connectivity index (χ2n) is 4.89. The molecule has 0 aromatic heterocycles. The molecule has 0 radical (unpaired) electrons. The number of hydrogen-bond acceptors (Lipinski definition) is 6. The van der Waals surface area contributed by atoms with Crippen LogP contribution < -0.4 is 16.2 Å². The number of anilines is 3. The summed E-state index contributed by atoms with van der Waals surface area (Å²) in [4.78, 5) is 11.2. The molecule has 0 unspecified atom stereocenters. The van der Waals surface area contributed by atoms with E-state index in [1.807, 2.05) is 0 Å². The lowest BCUT2D eigenvalue weighted by Crippen LogP contribution is -2.27. The Labute approximate surface area is 139 Å². The Morgan fingerprint density at radius 1 is 1.00 bits per heavy atom. The monoisotopic (exact) mass is 351 g/mol. The van der Waals surface area contributed by atoms with Crippen molar-refractivity contribution in [1.82, 2.24) is 5.43 Å². The highest BCUT2D eigenvalue weighted by atomic mass is 32.2. The molecular weight excluding hydrogens is 334 g/mol. The van der Waals surface area contributed by atoms with Crippen LogP contribution in [0.25, 0.3) is 0 Å². The van der Waals surface area contributed by atoms with Gasteiger partial charge in [0.05, 0.1) is 17.0 Å². The zero-order valence-corrected chi connectivity index (χ0v) is 13.4. The normalized spacial score (nSPS) is 11.0. The van der Waals surface area contributed by atoms with E-state index in [1.54, 1.807) is 42.5 Å². The molecule has 0 atom stereocenters. The molecule has 24 heavy (non-hydrogen) atoms. The second kappa shape index (κ2) is 7.77. The van der Waals surface area contributed by atoms with Crippen molar-refractivity contribution in [2.45, 2.75) is 0 Å². The van der Waals surface area contributed by atoms with Gasteiger partial charge in [-0.2, -0.15) is 8.42 Å². The number of benzene rings is 2. The molecule has 0 aliphatic carbocycles. The predicted octanol–water partition coefficient (Wildman–Crippen LogP) is 1.93. The smallest absolute Gasteiger partial charge is 0.337 e. The molecule has 0 spiro atoms. The minimum absolute atomic E-state index is 0.0465. The first kappa shape index (κ1) is 17.7. The predicted molar refractivity (Wildman–Crippen MR) is 91.2 cm³/mol. The van der Waals surface area contributed by atoms with E-state index in [2.05, 4.69) is 16.2 Å². The molecule has 0 aliphatic heterocycles. The van der Waals surface area contributed by atoms with Crippen LogP contribution >= 0.6 is 0 Å². The standard InChI is InChI=1S/C15H17N3O5S/c19-15(20)13-3-1-2-4-14(13)17-11-5-7-12(8-6-11)18-16-9-10-24(21,22)23/h1-8,16-18H,9-10H2,(H,19,20)(H,21,22,23). The Bertz CT molecular complexity index is 806. The van der Waals surface area contributed by atoms with Crippen LogP contribution in [0.4, 0.5) is 17.1 Å². The average molecular weight is 351 g/mol. The lowest BCUT2D eigenvalue weighted by Gasteiger charge is -2.11. The Kier molecular flexibility index (Phi) is 5.74. The maximum atomic E-state index is 11.2. The Balaban J connectivity index is 1.94. The zero-order valence-electron chi connectivity index (χ0n) is 12.6. The van der Waals surface area contributed by atoms with Crippen molar-refractivity contribution in [3.8, 4) is 0 Å². The molecule has 128 valence electrons. The van der Waals surface area contributed by atoms with Gasteiger partial charge in [0.25, 0.3) is 10.1 Å². The molecule has 0 amide bonds. The molecule has 8 nitrogen and oxygen atoms in total. The molecule has 0 saturated heterocycles. The van der Waals surface area contributed by atoms with Gasteiger partial charge in [-0.3, -0.25) is 4.55 Å². The van der Waals surface area contributed by atoms with Crippen LogP contribution in [0.15, 0.2) is 48.5 Å². The minimum atomic E-state index is -3.99. The lowest BCUT2D eigenvalue weighted by molar-refractivity contribution is 0.0698. The number of carboxylic acid groups (broad SMARTS) is 1. The molecule has 0 saturated carbocycles. The first-order chi connectivity index (χ1) is 11.3. The van der Waals surface area contributed by atoms with E-state index in [1.165, 1.54) is 6.07 Å². The quantitative estimate of drug-likeness (QED) is 0.277. The van der Waals surface area contributed by atoms with Crippen molar-refractivity contribution in [1.29, 1.82) is 0 Å². The maximum absolute atomic E-state index is 11.2. The van der Waals surface area contributed by atoms with Crippen molar-refractivity contribution < 1.29 is 22.9 Å². The molecular formula is C15H17N3O5S. The SMILES string of the molecule is O=C(O)c1ccccc1Nc1ccc(NNCCS(=O)(=O)O)cc1. The molecule has 2 rings (SSSR count). The fourth-order valence-corrected chi connectivity index (χ4v) is 2.28. The number of nitrogens with one attached hydrogen (secondary N) is 3. The number of aromatic carboxylic acids is 1. The lowest BCUT2D eigenvalue weighted by atomic mass is 10.1. The first-order valence-electron chi connectivity index (χ1n) is 6.98.